The van der Waals surface area contributed by atoms with Gasteiger partial charge >= 0.3 is 0 Å². The third-order valence-corrected chi connectivity index (χ3v) is 5.65. The summed E-state index contributed by atoms with van der Waals surface area (Å²) in [5.74, 6) is -0.0707. The number of anilines is 1. The van der Waals surface area contributed by atoms with E-state index in [9.17, 15) is 0 Å². The van der Waals surface area contributed by atoms with Gasteiger partial charge in [0.2, 0.25) is 0 Å². The number of nitrogens with two attached hydrogens (primary N) is 2. The minimum absolute atomic E-state index is 0.106. The Hall–Kier alpha value is -1.81. The molecular weight excluding hydrogens is 324 g/mol. The summed E-state index contributed by atoms with van der Waals surface area (Å²) in [5.41, 5.74) is 12.6. The van der Waals surface area contributed by atoms with Gasteiger partial charge in [0.25, 0.3) is 0 Å². The molecule has 0 bridgehead atoms. The zero-order valence-corrected chi connectivity index (χ0v) is 14.3. The Kier molecular flexibility index (Phi) is 3.01. The van der Waals surface area contributed by atoms with E-state index in [1.165, 1.54) is 6.33 Å². The summed E-state index contributed by atoms with van der Waals surface area (Å²) in [7, 11) is 0. The first kappa shape index (κ1) is 15.4. The Morgan fingerprint density at radius 3 is 2.92 bits per heavy atom. The van der Waals surface area contributed by atoms with E-state index in [0.717, 1.165) is 12.8 Å². The van der Waals surface area contributed by atoms with Crippen molar-refractivity contribution in [1.29, 1.82) is 0 Å². The number of fused-ring (bicyclic) bond motifs is 1. The smallest absolute Gasteiger partial charge is 0.167 e. The maximum atomic E-state index is 6.42. The van der Waals surface area contributed by atoms with Crippen LogP contribution in [-0.2, 0) is 14.2 Å². The summed E-state index contributed by atoms with van der Waals surface area (Å²) in [6, 6.07) is 0. The number of imidazole rings is 1. The lowest BCUT2D eigenvalue weighted by Crippen LogP contribution is -2.44. The number of rotatable bonds is 2. The number of nitrogen functional groups attached to an aromatic ring is 1. The van der Waals surface area contributed by atoms with Gasteiger partial charge in [-0.25, -0.2) is 15.0 Å². The summed E-state index contributed by atoms with van der Waals surface area (Å²) in [5, 5.41) is 0. The Morgan fingerprint density at radius 2 is 2.12 bits per heavy atom. The predicted octanol–water partition coefficient (Wildman–Crippen LogP) is 0.565. The SMILES string of the molecule is CC1(C)OC2C(n3cnc4c(N)ncnc43)OC3[C@H](CN)CCC23O1. The second kappa shape index (κ2) is 4.88. The highest BCUT2D eigenvalue weighted by Gasteiger charge is 2.70. The highest BCUT2D eigenvalue weighted by atomic mass is 16.8. The molecule has 0 aromatic carbocycles. The molecule has 9 heteroatoms. The molecule has 5 atom stereocenters. The molecule has 0 amide bonds. The first-order chi connectivity index (χ1) is 12.0. The average Bonchev–Trinajstić information content (AvgIpc) is 3.25. The van der Waals surface area contributed by atoms with Gasteiger partial charge in [0.15, 0.2) is 23.5 Å². The van der Waals surface area contributed by atoms with Crippen LogP contribution in [0.5, 0.6) is 0 Å². The minimum atomic E-state index is -0.668. The van der Waals surface area contributed by atoms with Crippen LogP contribution in [0.15, 0.2) is 12.7 Å². The zero-order chi connectivity index (χ0) is 17.4. The first-order valence-corrected chi connectivity index (χ1v) is 8.62. The van der Waals surface area contributed by atoms with Gasteiger partial charge in [0, 0.05) is 5.92 Å². The standard InChI is InChI=1S/C16H22N6O3/c1-15(2)24-11-14(22-7-21-9-12(18)19-6-20-13(9)22)23-10-8(5-17)3-4-16(10,11)25-15/h6-8,10-11,14H,3-5,17H2,1-2H3,(H2,18,19,20)/t8-,10?,11?,14?,16?/m0/s1. The summed E-state index contributed by atoms with van der Waals surface area (Å²) < 4.78 is 21.0. The maximum absolute atomic E-state index is 6.42. The van der Waals surface area contributed by atoms with E-state index < -0.39 is 11.4 Å². The van der Waals surface area contributed by atoms with Gasteiger partial charge < -0.3 is 25.7 Å². The lowest BCUT2D eigenvalue weighted by molar-refractivity contribution is -0.211. The average molecular weight is 346 g/mol. The van der Waals surface area contributed by atoms with Crippen molar-refractivity contribution < 1.29 is 14.2 Å². The van der Waals surface area contributed by atoms with Gasteiger partial charge in [-0.3, -0.25) is 4.57 Å². The molecule has 9 nitrogen and oxygen atoms in total. The van der Waals surface area contributed by atoms with Crippen molar-refractivity contribution in [2.24, 2.45) is 11.7 Å². The van der Waals surface area contributed by atoms with E-state index >= 15 is 0 Å². The van der Waals surface area contributed by atoms with Crippen LogP contribution in [-0.4, -0.2) is 49.7 Å². The molecule has 2 aromatic heterocycles. The lowest BCUT2D eigenvalue weighted by Gasteiger charge is -2.28. The highest BCUT2D eigenvalue weighted by Crippen LogP contribution is 2.58. The van der Waals surface area contributed by atoms with Gasteiger partial charge in [-0.05, 0) is 33.2 Å². The zero-order valence-electron chi connectivity index (χ0n) is 14.3. The largest absolute Gasteiger partial charge is 0.382 e. The van der Waals surface area contributed by atoms with Crippen molar-refractivity contribution in [1.82, 2.24) is 19.5 Å². The van der Waals surface area contributed by atoms with E-state index in [1.807, 2.05) is 18.4 Å². The molecule has 3 fully saturated rings. The van der Waals surface area contributed by atoms with Crippen molar-refractivity contribution in [3.8, 4) is 0 Å². The fourth-order valence-electron chi connectivity index (χ4n) is 4.72. The Morgan fingerprint density at radius 1 is 1.28 bits per heavy atom. The van der Waals surface area contributed by atoms with Gasteiger partial charge in [-0.2, -0.15) is 0 Å². The molecule has 1 spiro atoms. The number of nitrogens with zero attached hydrogens (tertiary/aromatic N) is 4. The van der Waals surface area contributed by atoms with E-state index in [1.54, 1.807) is 6.33 Å². The van der Waals surface area contributed by atoms with Crippen molar-refractivity contribution in [2.45, 2.75) is 56.5 Å². The molecule has 134 valence electrons. The number of hydrogen-bond donors (Lipinski definition) is 2. The van der Waals surface area contributed by atoms with E-state index in [0.29, 0.717) is 23.5 Å². The van der Waals surface area contributed by atoms with Crippen molar-refractivity contribution >= 4 is 17.0 Å². The summed E-state index contributed by atoms with van der Waals surface area (Å²) in [6.07, 6.45) is 4.21. The predicted molar refractivity (Wildman–Crippen MR) is 88.2 cm³/mol. The second-order valence-electron chi connectivity index (χ2n) is 7.56. The Labute approximate surface area is 144 Å². The van der Waals surface area contributed by atoms with Crippen LogP contribution in [0.1, 0.15) is 32.9 Å². The van der Waals surface area contributed by atoms with Crippen molar-refractivity contribution in [3.63, 3.8) is 0 Å². The minimum Gasteiger partial charge on any atom is -0.382 e. The van der Waals surface area contributed by atoms with E-state index in [4.69, 9.17) is 25.7 Å². The number of ether oxygens (including phenoxy) is 3. The van der Waals surface area contributed by atoms with Crippen LogP contribution in [0.4, 0.5) is 5.82 Å². The molecule has 3 aliphatic rings. The first-order valence-electron chi connectivity index (χ1n) is 8.62. The number of aromatic nitrogens is 4. The molecule has 1 aliphatic carbocycles. The third kappa shape index (κ3) is 1.95. The van der Waals surface area contributed by atoms with Crippen LogP contribution in [0.3, 0.4) is 0 Å². The molecule has 1 saturated carbocycles. The molecule has 0 radical (unpaired) electrons. The lowest BCUT2D eigenvalue weighted by atomic mass is 9.92. The summed E-state index contributed by atoms with van der Waals surface area (Å²) in [6.45, 7) is 4.45. The quantitative estimate of drug-likeness (QED) is 0.809. The Bertz CT molecular complexity index is 838. The molecule has 4 heterocycles. The normalized spacial score (nSPS) is 39.0. The molecule has 25 heavy (non-hydrogen) atoms. The Balaban J connectivity index is 1.62. The van der Waals surface area contributed by atoms with E-state index in [-0.39, 0.29) is 24.4 Å². The van der Waals surface area contributed by atoms with Crippen molar-refractivity contribution in [3.05, 3.63) is 12.7 Å². The molecule has 4 N–H and O–H groups in total. The third-order valence-electron chi connectivity index (χ3n) is 5.65. The fraction of sp³-hybridized carbons (Fsp3) is 0.688. The monoisotopic (exact) mass is 346 g/mol. The molecular formula is C16H22N6O3. The highest BCUT2D eigenvalue weighted by molar-refractivity contribution is 5.81. The summed E-state index contributed by atoms with van der Waals surface area (Å²) in [4.78, 5) is 12.7. The second-order valence-corrected chi connectivity index (χ2v) is 7.56. The summed E-state index contributed by atoms with van der Waals surface area (Å²) >= 11 is 0. The van der Waals surface area contributed by atoms with Gasteiger partial charge in [0.05, 0.1) is 12.4 Å². The molecule has 4 unspecified atom stereocenters. The van der Waals surface area contributed by atoms with Crippen LogP contribution < -0.4 is 11.5 Å². The topological polar surface area (TPSA) is 123 Å². The molecule has 2 saturated heterocycles. The molecule has 2 aliphatic heterocycles. The van der Waals surface area contributed by atoms with Gasteiger partial charge in [-0.1, -0.05) is 0 Å². The van der Waals surface area contributed by atoms with Gasteiger partial charge in [-0.15, -0.1) is 0 Å². The van der Waals surface area contributed by atoms with Crippen LogP contribution in [0.2, 0.25) is 0 Å². The van der Waals surface area contributed by atoms with E-state index in [2.05, 4.69) is 15.0 Å². The van der Waals surface area contributed by atoms with Crippen LogP contribution in [0.25, 0.3) is 11.2 Å². The van der Waals surface area contributed by atoms with Gasteiger partial charge in [0.1, 0.15) is 23.5 Å². The van der Waals surface area contributed by atoms with Crippen LogP contribution >= 0.6 is 0 Å². The maximum Gasteiger partial charge on any atom is 0.167 e. The fourth-order valence-corrected chi connectivity index (χ4v) is 4.72. The molecule has 5 rings (SSSR count). The number of hydrogen-bond acceptors (Lipinski definition) is 8. The van der Waals surface area contributed by atoms with Crippen molar-refractivity contribution in [2.75, 3.05) is 12.3 Å². The van der Waals surface area contributed by atoms with Crippen LogP contribution in [0, 0.1) is 5.92 Å². The molecule has 2 aromatic rings.